The standard InChI is InChI=1S/C8H11Cl2NO3S2/c9-3-6(10)4-14-8(15)11-7-1-2-16(12,13)5-7/h1-2,6-7H,3-5H2,(H,11,15)/t6-,7+/m1/s1. The molecule has 16 heavy (non-hydrogen) atoms. The fraction of sp³-hybridized carbons (Fsp3) is 0.625. The van der Waals surface area contributed by atoms with E-state index in [1.54, 1.807) is 0 Å². The molecule has 0 saturated carbocycles. The van der Waals surface area contributed by atoms with Crippen molar-refractivity contribution in [3.8, 4) is 0 Å². The van der Waals surface area contributed by atoms with Gasteiger partial charge in [-0.15, -0.1) is 23.2 Å². The molecule has 0 aromatic heterocycles. The lowest BCUT2D eigenvalue weighted by molar-refractivity contribution is 0.300. The molecule has 1 rings (SSSR count). The fourth-order valence-electron chi connectivity index (χ4n) is 1.07. The predicted octanol–water partition coefficient (Wildman–Crippen LogP) is 1.03. The van der Waals surface area contributed by atoms with Gasteiger partial charge in [-0.1, -0.05) is 0 Å². The number of rotatable bonds is 4. The smallest absolute Gasteiger partial charge is 0.257 e. The summed E-state index contributed by atoms with van der Waals surface area (Å²) in [5, 5.41) is 3.73. The minimum absolute atomic E-state index is 0.00366. The van der Waals surface area contributed by atoms with E-state index in [-0.39, 0.29) is 34.8 Å². The van der Waals surface area contributed by atoms with Crippen molar-refractivity contribution in [2.75, 3.05) is 18.2 Å². The lowest BCUT2D eigenvalue weighted by atomic mass is 10.3. The van der Waals surface area contributed by atoms with Gasteiger partial charge in [0.1, 0.15) is 6.61 Å². The van der Waals surface area contributed by atoms with Crippen LogP contribution < -0.4 is 5.32 Å². The third kappa shape index (κ3) is 4.86. The molecule has 0 radical (unpaired) electrons. The first-order chi connectivity index (χ1) is 7.43. The molecule has 1 N–H and O–H groups in total. The molecule has 0 amide bonds. The topological polar surface area (TPSA) is 55.4 Å². The van der Waals surface area contributed by atoms with Gasteiger partial charge >= 0.3 is 0 Å². The van der Waals surface area contributed by atoms with Gasteiger partial charge in [-0.2, -0.15) is 0 Å². The third-order valence-corrected chi connectivity index (χ3v) is 4.24. The SMILES string of the molecule is O=S1(=O)C=C[C@H](NC(=S)OC[C@H](Cl)CCl)C1. The van der Waals surface area contributed by atoms with Crippen molar-refractivity contribution < 1.29 is 13.2 Å². The highest BCUT2D eigenvalue weighted by Gasteiger charge is 2.22. The zero-order valence-corrected chi connectivity index (χ0v) is 11.4. The maximum Gasteiger partial charge on any atom is 0.257 e. The quantitative estimate of drug-likeness (QED) is 0.621. The van der Waals surface area contributed by atoms with Crippen LogP contribution in [0.2, 0.25) is 0 Å². The Balaban J connectivity index is 2.29. The van der Waals surface area contributed by atoms with E-state index in [9.17, 15) is 8.42 Å². The number of hydrogen-bond acceptors (Lipinski definition) is 4. The first kappa shape index (κ1) is 14.0. The van der Waals surface area contributed by atoms with Crippen molar-refractivity contribution in [3.05, 3.63) is 11.5 Å². The van der Waals surface area contributed by atoms with Crippen LogP contribution in [-0.4, -0.2) is 43.3 Å². The third-order valence-electron chi connectivity index (χ3n) is 1.80. The molecule has 1 aliphatic heterocycles. The first-order valence-corrected chi connectivity index (χ1v) is 7.56. The van der Waals surface area contributed by atoms with Crippen LogP contribution in [-0.2, 0) is 14.6 Å². The van der Waals surface area contributed by atoms with Crippen molar-refractivity contribution in [2.45, 2.75) is 11.4 Å². The number of nitrogens with one attached hydrogen (secondary N) is 1. The van der Waals surface area contributed by atoms with Crippen LogP contribution in [0.5, 0.6) is 0 Å². The molecule has 0 saturated heterocycles. The summed E-state index contributed by atoms with van der Waals surface area (Å²) >= 11 is 16.1. The second kappa shape index (κ2) is 6.05. The molecule has 0 aromatic carbocycles. The summed E-state index contributed by atoms with van der Waals surface area (Å²) in [6.07, 6.45) is 1.53. The highest BCUT2D eigenvalue weighted by molar-refractivity contribution is 7.94. The molecule has 0 aromatic rings. The van der Waals surface area contributed by atoms with Crippen molar-refractivity contribution in [2.24, 2.45) is 0 Å². The van der Waals surface area contributed by atoms with Crippen LogP contribution >= 0.6 is 35.4 Å². The van der Waals surface area contributed by atoms with Crippen LogP contribution in [0.1, 0.15) is 0 Å². The molecule has 4 nitrogen and oxygen atoms in total. The Morgan fingerprint density at radius 1 is 1.69 bits per heavy atom. The molecule has 0 bridgehead atoms. The molecule has 1 aliphatic rings. The van der Waals surface area contributed by atoms with Gasteiger partial charge in [-0.05, 0) is 18.3 Å². The molecular formula is C8H11Cl2NO3S2. The summed E-state index contributed by atoms with van der Waals surface area (Å²) in [7, 11) is -3.08. The van der Waals surface area contributed by atoms with E-state index in [1.807, 2.05) is 0 Å². The highest BCUT2D eigenvalue weighted by Crippen LogP contribution is 2.08. The minimum Gasteiger partial charge on any atom is -0.469 e. The Labute approximate surface area is 110 Å². The van der Waals surface area contributed by atoms with Crippen molar-refractivity contribution in [1.82, 2.24) is 5.32 Å². The largest absolute Gasteiger partial charge is 0.469 e. The number of hydrogen-bond donors (Lipinski definition) is 1. The van der Waals surface area contributed by atoms with Gasteiger partial charge in [0.2, 0.25) is 0 Å². The summed E-state index contributed by atoms with van der Waals surface area (Å²) < 4.78 is 27.3. The Morgan fingerprint density at radius 2 is 2.38 bits per heavy atom. The average molecular weight is 304 g/mol. The Morgan fingerprint density at radius 3 is 2.88 bits per heavy atom. The number of thiocarbonyl (C=S) groups is 1. The molecule has 0 aliphatic carbocycles. The molecule has 1 heterocycles. The van der Waals surface area contributed by atoms with Crippen molar-refractivity contribution in [3.63, 3.8) is 0 Å². The summed E-state index contributed by atoms with van der Waals surface area (Å²) in [6, 6.07) is -0.331. The van der Waals surface area contributed by atoms with E-state index in [0.29, 0.717) is 0 Å². The van der Waals surface area contributed by atoms with Gasteiger partial charge in [0, 0.05) is 11.3 Å². The van der Waals surface area contributed by atoms with E-state index < -0.39 is 9.84 Å². The lowest BCUT2D eigenvalue weighted by Gasteiger charge is -2.14. The molecule has 0 spiro atoms. The summed E-state index contributed by atoms with van der Waals surface area (Å²) in [5.74, 6) is 0.262. The number of alkyl halides is 2. The Bertz CT molecular complexity index is 383. The number of sulfone groups is 1. The van der Waals surface area contributed by atoms with Crippen LogP contribution in [0, 0.1) is 0 Å². The maximum absolute atomic E-state index is 11.1. The van der Waals surface area contributed by atoms with Crippen LogP contribution in [0.3, 0.4) is 0 Å². The maximum atomic E-state index is 11.1. The zero-order chi connectivity index (χ0) is 12.2. The molecule has 92 valence electrons. The van der Waals surface area contributed by atoms with E-state index in [2.05, 4.69) is 5.32 Å². The van der Waals surface area contributed by atoms with Gasteiger partial charge in [-0.3, -0.25) is 0 Å². The lowest BCUT2D eigenvalue weighted by Crippen LogP contribution is -2.36. The average Bonchev–Trinajstić information content (AvgIpc) is 2.54. The monoisotopic (exact) mass is 303 g/mol. The van der Waals surface area contributed by atoms with Gasteiger partial charge in [-0.25, -0.2) is 8.42 Å². The summed E-state index contributed by atoms with van der Waals surface area (Å²) in [6.45, 7) is 0.195. The summed E-state index contributed by atoms with van der Waals surface area (Å²) in [4.78, 5) is 0. The predicted molar refractivity (Wildman–Crippen MR) is 68.8 cm³/mol. The van der Waals surface area contributed by atoms with Crippen LogP contribution in [0.4, 0.5) is 0 Å². The van der Waals surface area contributed by atoms with Crippen molar-refractivity contribution >= 4 is 50.4 Å². The van der Waals surface area contributed by atoms with E-state index in [4.69, 9.17) is 40.2 Å². The molecule has 0 fully saturated rings. The number of halogens is 2. The zero-order valence-electron chi connectivity index (χ0n) is 8.23. The second-order valence-corrected chi connectivity index (χ2v) is 6.49. The van der Waals surface area contributed by atoms with Gasteiger partial charge in [0.25, 0.3) is 5.17 Å². The minimum atomic E-state index is -3.08. The molecule has 8 heteroatoms. The highest BCUT2D eigenvalue weighted by atomic mass is 35.5. The van der Waals surface area contributed by atoms with Gasteiger partial charge < -0.3 is 10.1 Å². The van der Waals surface area contributed by atoms with Gasteiger partial charge in [0.05, 0.1) is 17.2 Å². The molecule has 0 unspecified atom stereocenters. The second-order valence-electron chi connectivity index (χ2n) is 3.26. The van der Waals surface area contributed by atoms with E-state index >= 15 is 0 Å². The summed E-state index contributed by atoms with van der Waals surface area (Å²) in [5.41, 5.74) is 0. The Kier molecular flexibility index (Phi) is 5.30. The molecular weight excluding hydrogens is 293 g/mol. The van der Waals surface area contributed by atoms with E-state index in [0.717, 1.165) is 5.41 Å². The first-order valence-electron chi connectivity index (χ1n) is 4.47. The number of ether oxygens (including phenoxy) is 1. The van der Waals surface area contributed by atoms with Crippen molar-refractivity contribution in [1.29, 1.82) is 0 Å². The van der Waals surface area contributed by atoms with E-state index in [1.165, 1.54) is 6.08 Å². The van der Waals surface area contributed by atoms with Crippen LogP contribution in [0.15, 0.2) is 11.5 Å². The van der Waals surface area contributed by atoms with Crippen LogP contribution in [0.25, 0.3) is 0 Å². The normalized spacial score (nSPS) is 24.0. The fourth-order valence-corrected chi connectivity index (χ4v) is 2.68. The molecule has 2 atom stereocenters. The van der Waals surface area contributed by atoms with Gasteiger partial charge in [0.15, 0.2) is 9.84 Å². The Hall–Kier alpha value is -0.0400.